The number of morpholine rings is 1. The molecule has 1 aliphatic rings. The van der Waals surface area contributed by atoms with Gasteiger partial charge >= 0.3 is 0 Å². The maximum atomic E-state index is 15.2. The molecule has 2 aromatic heterocycles. The highest BCUT2D eigenvalue weighted by atomic mass is 19.2. The van der Waals surface area contributed by atoms with Crippen LogP contribution in [-0.2, 0) is 16.0 Å². The van der Waals surface area contributed by atoms with E-state index in [9.17, 15) is 14.0 Å². The van der Waals surface area contributed by atoms with Crippen LogP contribution in [0.15, 0.2) is 24.4 Å². The van der Waals surface area contributed by atoms with Gasteiger partial charge in [-0.05, 0) is 30.7 Å². The number of pyridine rings is 1. The van der Waals surface area contributed by atoms with Crippen molar-refractivity contribution < 1.29 is 27.5 Å². The Hall–Kier alpha value is -3.40. The Morgan fingerprint density at radius 2 is 1.97 bits per heavy atom. The van der Waals surface area contributed by atoms with Crippen LogP contribution in [0.1, 0.15) is 35.5 Å². The van der Waals surface area contributed by atoms with Gasteiger partial charge in [-0.3, -0.25) is 9.59 Å². The van der Waals surface area contributed by atoms with Crippen molar-refractivity contribution in [2.45, 2.75) is 33.3 Å². The van der Waals surface area contributed by atoms with E-state index in [1.807, 2.05) is 26.8 Å². The van der Waals surface area contributed by atoms with Crippen LogP contribution in [0.25, 0.3) is 16.9 Å². The van der Waals surface area contributed by atoms with Gasteiger partial charge in [-0.25, -0.2) is 18.2 Å². The number of halogens is 3. The lowest BCUT2D eigenvalue weighted by Crippen LogP contribution is -2.47. The first-order chi connectivity index (χ1) is 16.6. The SMILES string of the molecule is CNC(=O)c1cc(F)c(-c2nc3cc(C)ccn3c2C[C@H]2CN(C(=O)C(C)C)CCO2)c(F)c1F. The third-order valence-electron chi connectivity index (χ3n) is 6.11. The van der Waals surface area contributed by atoms with Gasteiger partial charge in [-0.2, -0.15) is 0 Å². The smallest absolute Gasteiger partial charge is 0.254 e. The molecule has 0 aliphatic carbocycles. The second-order valence-corrected chi connectivity index (χ2v) is 8.96. The van der Waals surface area contributed by atoms with E-state index in [4.69, 9.17) is 4.74 Å². The van der Waals surface area contributed by atoms with Gasteiger partial charge in [0.25, 0.3) is 5.91 Å². The van der Waals surface area contributed by atoms with E-state index in [-0.39, 0.29) is 23.9 Å². The molecule has 1 saturated heterocycles. The highest BCUT2D eigenvalue weighted by Crippen LogP contribution is 2.33. The van der Waals surface area contributed by atoms with E-state index in [2.05, 4.69) is 10.3 Å². The second-order valence-electron chi connectivity index (χ2n) is 8.96. The summed E-state index contributed by atoms with van der Waals surface area (Å²) < 4.78 is 52.7. The van der Waals surface area contributed by atoms with Gasteiger partial charge in [0.2, 0.25) is 5.91 Å². The van der Waals surface area contributed by atoms with E-state index >= 15 is 8.78 Å². The van der Waals surface area contributed by atoms with Crippen molar-refractivity contribution in [1.29, 1.82) is 0 Å². The number of amides is 2. The Labute approximate surface area is 200 Å². The van der Waals surface area contributed by atoms with Gasteiger partial charge in [0.05, 0.1) is 35.2 Å². The van der Waals surface area contributed by atoms with Gasteiger partial charge in [-0.1, -0.05) is 13.8 Å². The van der Waals surface area contributed by atoms with Gasteiger partial charge < -0.3 is 19.4 Å². The monoisotopic (exact) mass is 488 g/mol. The lowest BCUT2D eigenvalue weighted by atomic mass is 10.0. The lowest BCUT2D eigenvalue weighted by Gasteiger charge is -2.34. The van der Waals surface area contributed by atoms with Crippen LogP contribution in [0.4, 0.5) is 13.2 Å². The van der Waals surface area contributed by atoms with Crippen molar-refractivity contribution >= 4 is 17.5 Å². The second kappa shape index (κ2) is 9.69. The number of carbonyl (C=O) groups excluding carboxylic acids is 2. The normalized spacial score (nSPS) is 16.2. The van der Waals surface area contributed by atoms with Gasteiger partial charge in [0, 0.05) is 38.7 Å². The van der Waals surface area contributed by atoms with Crippen LogP contribution in [0.5, 0.6) is 0 Å². The largest absolute Gasteiger partial charge is 0.374 e. The van der Waals surface area contributed by atoms with Gasteiger partial charge in [-0.15, -0.1) is 0 Å². The molecule has 1 atom stereocenters. The standard InChI is InChI=1S/C25H27F3N4O3/c1-13(2)25(34)31-7-8-35-15(12-31)10-18-23(30-19-9-14(3)5-6-32(18)19)20-17(26)11-16(24(33)29-4)21(27)22(20)28/h5-6,9,11,13,15H,7-8,10,12H2,1-4H3,(H,29,33)/t15-/m0/s1. The number of fused-ring (bicyclic) bond motifs is 1. The zero-order chi connectivity index (χ0) is 25.4. The lowest BCUT2D eigenvalue weighted by molar-refractivity contribution is -0.142. The number of carbonyl (C=O) groups is 2. The maximum absolute atomic E-state index is 15.2. The molecule has 0 unspecified atom stereocenters. The maximum Gasteiger partial charge on any atom is 0.254 e. The molecular formula is C25H27F3N4O3. The first-order valence-corrected chi connectivity index (χ1v) is 11.4. The fourth-order valence-corrected chi connectivity index (χ4v) is 4.33. The first-order valence-electron chi connectivity index (χ1n) is 11.4. The van der Waals surface area contributed by atoms with E-state index in [0.717, 1.165) is 5.56 Å². The molecule has 186 valence electrons. The van der Waals surface area contributed by atoms with E-state index in [1.165, 1.54) is 7.05 Å². The fraction of sp³-hybridized carbons (Fsp3) is 0.400. The number of ether oxygens (including phenoxy) is 1. The minimum Gasteiger partial charge on any atom is -0.374 e. The fourth-order valence-electron chi connectivity index (χ4n) is 4.33. The molecule has 0 saturated carbocycles. The summed E-state index contributed by atoms with van der Waals surface area (Å²) in [6.07, 6.45) is 1.45. The minimum atomic E-state index is -1.49. The van der Waals surface area contributed by atoms with Crippen LogP contribution in [0.3, 0.4) is 0 Å². The quantitative estimate of drug-likeness (QED) is 0.558. The molecule has 7 nitrogen and oxygen atoms in total. The summed E-state index contributed by atoms with van der Waals surface area (Å²) in [4.78, 5) is 30.5. The molecule has 1 N–H and O–H groups in total. The summed E-state index contributed by atoms with van der Waals surface area (Å²) in [5.41, 5.74) is 0.252. The molecule has 0 radical (unpaired) electrons. The third-order valence-corrected chi connectivity index (χ3v) is 6.11. The van der Waals surface area contributed by atoms with Crippen LogP contribution in [-0.4, -0.2) is 58.9 Å². The van der Waals surface area contributed by atoms with Crippen LogP contribution >= 0.6 is 0 Å². The average Bonchev–Trinajstić information content (AvgIpc) is 3.17. The number of nitrogens with one attached hydrogen (secondary N) is 1. The molecule has 0 spiro atoms. The topological polar surface area (TPSA) is 75.9 Å². The molecule has 10 heteroatoms. The molecule has 1 aliphatic heterocycles. The first kappa shape index (κ1) is 24.7. The Morgan fingerprint density at radius 3 is 2.66 bits per heavy atom. The molecule has 3 aromatic rings. The van der Waals surface area contributed by atoms with Crippen LogP contribution in [0, 0.1) is 30.3 Å². The summed E-state index contributed by atoms with van der Waals surface area (Å²) in [5.74, 6) is -5.17. The molecule has 3 heterocycles. The van der Waals surface area contributed by atoms with Gasteiger partial charge in [0.15, 0.2) is 11.6 Å². The zero-order valence-electron chi connectivity index (χ0n) is 20.0. The molecular weight excluding hydrogens is 461 g/mol. The minimum absolute atomic E-state index is 0.00348. The molecule has 35 heavy (non-hydrogen) atoms. The summed E-state index contributed by atoms with van der Waals surface area (Å²) in [7, 11) is 1.24. The number of benzene rings is 1. The predicted octanol–water partition coefficient (Wildman–Crippen LogP) is 3.51. The Bertz CT molecular complexity index is 1310. The van der Waals surface area contributed by atoms with Crippen LogP contribution < -0.4 is 5.32 Å². The number of nitrogens with zero attached hydrogens (tertiary/aromatic N) is 3. The molecule has 4 rings (SSSR count). The Morgan fingerprint density at radius 1 is 1.23 bits per heavy atom. The predicted molar refractivity (Wildman–Crippen MR) is 123 cm³/mol. The summed E-state index contributed by atoms with van der Waals surface area (Å²) in [6.45, 7) is 6.59. The summed E-state index contributed by atoms with van der Waals surface area (Å²) >= 11 is 0. The van der Waals surface area contributed by atoms with Crippen molar-refractivity contribution in [2.24, 2.45) is 5.92 Å². The highest BCUT2D eigenvalue weighted by molar-refractivity contribution is 5.95. The summed E-state index contributed by atoms with van der Waals surface area (Å²) in [6, 6.07) is 4.24. The zero-order valence-corrected chi connectivity index (χ0v) is 20.0. The van der Waals surface area contributed by atoms with Gasteiger partial charge in [0.1, 0.15) is 11.5 Å². The van der Waals surface area contributed by atoms with Crippen molar-refractivity contribution in [2.75, 3.05) is 26.7 Å². The molecule has 0 bridgehead atoms. The molecule has 2 amide bonds. The average molecular weight is 489 g/mol. The van der Waals surface area contributed by atoms with Crippen molar-refractivity contribution in [1.82, 2.24) is 19.6 Å². The van der Waals surface area contributed by atoms with E-state index in [1.54, 1.807) is 21.6 Å². The van der Waals surface area contributed by atoms with Crippen molar-refractivity contribution in [3.05, 3.63) is 58.7 Å². The highest BCUT2D eigenvalue weighted by Gasteiger charge is 2.31. The van der Waals surface area contributed by atoms with Crippen molar-refractivity contribution in [3.63, 3.8) is 0 Å². The number of aromatic nitrogens is 2. The third kappa shape index (κ3) is 4.62. The van der Waals surface area contributed by atoms with Crippen molar-refractivity contribution in [3.8, 4) is 11.3 Å². The number of hydrogen-bond donors (Lipinski definition) is 1. The number of imidazole rings is 1. The molecule has 1 aromatic carbocycles. The number of hydrogen-bond acceptors (Lipinski definition) is 4. The number of aryl methyl sites for hydroxylation is 1. The van der Waals surface area contributed by atoms with Crippen LogP contribution in [0.2, 0.25) is 0 Å². The van der Waals surface area contributed by atoms with E-state index in [0.29, 0.717) is 37.1 Å². The molecule has 1 fully saturated rings. The Kier molecular flexibility index (Phi) is 6.84. The summed E-state index contributed by atoms with van der Waals surface area (Å²) in [5, 5.41) is 2.17. The Balaban J connectivity index is 1.81. The van der Waals surface area contributed by atoms with E-state index < -0.39 is 40.6 Å². The number of rotatable bonds is 5.